The number of hydrogen-bond donors (Lipinski definition) is 2. The monoisotopic (exact) mass is 407 g/mol. The Bertz CT molecular complexity index is 612. The highest BCUT2D eigenvalue weighted by Crippen LogP contribution is 2.30. The van der Waals surface area contributed by atoms with E-state index in [1.807, 2.05) is 32.6 Å². The molecule has 1 heterocycles. The maximum Gasteiger partial charge on any atom is 0.411 e. The molecule has 164 valence electrons. The first-order chi connectivity index (χ1) is 13.7. The quantitative estimate of drug-likeness (QED) is 0.452. The average molecular weight is 408 g/mol. The van der Waals surface area contributed by atoms with Crippen molar-refractivity contribution in [1.29, 1.82) is 5.41 Å². The first-order valence-electron chi connectivity index (χ1n) is 10.6. The minimum atomic E-state index is -0.600. The van der Waals surface area contributed by atoms with E-state index in [2.05, 4.69) is 11.9 Å². The lowest BCUT2D eigenvalue weighted by molar-refractivity contribution is -0.137. The maximum absolute atomic E-state index is 13.4. The molecule has 0 unspecified atom stereocenters. The van der Waals surface area contributed by atoms with Crippen LogP contribution in [0.3, 0.4) is 0 Å². The Hall–Kier alpha value is -2.09. The van der Waals surface area contributed by atoms with E-state index in [9.17, 15) is 9.59 Å². The average Bonchev–Trinajstić information content (AvgIpc) is 3.48. The molecule has 0 bridgehead atoms. The lowest BCUT2D eigenvalue weighted by Gasteiger charge is -2.38. The Balaban J connectivity index is 2.07. The molecule has 0 radical (unpaired) electrons. The first kappa shape index (κ1) is 23.2. The third-order valence-electron chi connectivity index (χ3n) is 5.22. The molecule has 1 saturated heterocycles. The second kappa shape index (κ2) is 10.1. The second-order valence-corrected chi connectivity index (χ2v) is 8.85. The van der Waals surface area contributed by atoms with Gasteiger partial charge in [-0.25, -0.2) is 4.79 Å². The molecular formula is C21H37N5O3. The summed E-state index contributed by atoms with van der Waals surface area (Å²) >= 11 is 0. The van der Waals surface area contributed by atoms with Gasteiger partial charge in [-0.1, -0.05) is 6.58 Å². The zero-order valence-corrected chi connectivity index (χ0v) is 18.4. The van der Waals surface area contributed by atoms with Crippen molar-refractivity contribution in [2.24, 2.45) is 5.92 Å². The number of carbonyl (C=O) groups is 2. The Morgan fingerprint density at radius 3 is 2.59 bits per heavy atom. The molecule has 29 heavy (non-hydrogen) atoms. The first-order valence-corrected chi connectivity index (χ1v) is 10.6. The van der Waals surface area contributed by atoms with Gasteiger partial charge in [0.25, 0.3) is 0 Å². The van der Waals surface area contributed by atoms with Crippen LogP contribution in [0, 0.1) is 11.3 Å². The van der Waals surface area contributed by atoms with Crippen LogP contribution in [0.4, 0.5) is 4.79 Å². The highest BCUT2D eigenvalue weighted by molar-refractivity contribution is 5.86. The van der Waals surface area contributed by atoms with Gasteiger partial charge in [0, 0.05) is 51.4 Å². The van der Waals surface area contributed by atoms with Crippen LogP contribution in [-0.2, 0) is 9.53 Å². The normalized spacial score (nSPS) is 19.4. The molecule has 1 aliphatic heterocycles. The summed E-state index contributed by atoms with van der Waals surface area (Å²) in [4.78, 5) is 31.3. The number of nitrogens with one attached hydrogen (secondary N) is 2. The summed E-state index contributed by atoms with van der Waals surface area (Å²) in [7, 11) is 0. The van der Waals surface area contributed by atoms with Crippen molar-refractivity contribution in [1.82, 2.24) is 20.0 Å². The standard InChI is InChI=1S/C21H37N5O3/c1-6-24(15-22)16(2)9-11-25(14-17-7-8-17)19(27)18-13-23-10-12-26(18)20(28)29-21(3,4)5/h15,17-18,22-23H,2,6-14H2,1,3-5H3/t18-/m1/s1. The van der Waals surface area contributed by atoms with Gasteiger partial charge in [-0.05, 0) is 46.5 Å². The van der Waals surface area contributed by atoms with E-state index >= 15 is 0 Å². The summed E-state index contributed by atoms with van der Waals surface area (Å²) < 4.78 is 5.53. The lowest BCUT2D eigenvalue weighted by Crippen LogP contribution is -2.61. The van der Waals surface area contributed by atoms with E-state index in [0.717, 1.165) is 18.5 Å². The van der Waals surface area contributed by atoms with Gasteiger partial charge in [-0.3, -0.25) is 15.1 Å². The number of rotatable bonds is 9. The minimum absolute atomic E-state index is 0.0411. The molecule has 2 rings (SSSR count). The fourth-order valence-electron chi connectivity index (χ4n) is 3.39. The third kappa shape index (κ3) is 7.03. The number of amides is 2. The van der Waals surface area contributed by atoms with Crippen LogP contribution in [0.1, 0.15) is 47.0 Å². The van der Waals surface area contributed by atoms with Crippen LogP contribution in [0.15, 0.2) is 12.3 Å². The largest absolute Gasteiger partial charge is 0.444 e. The molecule has 1 aliphatic carbocycles. The minimum Gasteiger partial charge on any atom is -0.444 e. The molecule has 0 aromatic heterocycles. The third-order valence-corrected chi connectivity index (χ3v) is 5.22. The fourth-order valence-corrected chi connectivity index (χ4v) is 3.39. The summed E-state index contributed by atoms with van der Waals surface area (Å²) in [5.41, 5.74) is 0.221. The van der Waals surface area contributed by atoms with Crippen molar-refractivity contribution in [2.45, 2.75) is 58.6 Å². The fraction of sp³-hybridized carbons (Fsp3) is 0.762. The summed E-state index contributed by atoms with van der Waals surface area (Å²) in [6, 6.07) is -0.560. The molecular weight excluding hydrogens is 370 g/mol. The molecule has 8 nitrogen and oxygen atoms in total. The number of carbonyl (C=O) groups excluding carboxylic acids is 2. The van der Waals surface area contributed by atoms with Crippen molar-refractivity contribution in [2.75, 3.05) is 39.3 Å². The van der Waals surface area contributed by atoms with Crippen LogP contribution >= 0.6 is 0 Å². The molecule has 2 N–H and O–H groups in total. The lowest BCUT2D eigenvalue weighted by atomic mass is 10.1. The summed E-state index contributed by atoms with van der Waals surface area (Å²) in [6.07, 6.45) is 3.73. The maximum atomic E-state index is 13.4. The van der Waals surface area contributed by atoms with Gasteiger partial charge in [0.1, 0.15) is 11.6 Å². The predicted molar refractivity (Wildman–Crippen MR) is 114 cm³/mol. The molecule has 2 aliphatic rings. The Labute approximate surface area is 174 Å². The van der Waals surface area contributed by atoms with Crippen molar-refractivity contribution in [3.8, 4) is 0 Å². The highest BCUT2D eigenvalue weighted by Gasteiger charge is 2.38. The van der Waals surface area contributed by atoms with Gasteiger partial charge >= 0.3 is 6.09 Å². The van der Waals surface area contributed by atoms with Crippen LogP contribution in [0.5, 0.6) is 0 Å². The Morgan fingerprint density at radius 1 is 1.34 bits per heavy atom. The molecule has 0 spiro atoms. The van der Waals surface area contributed by atoms with E-state index in [-0.39, 0.29) is 5.91 Å². The zero-order chi connectivity index (χ0) is 21.6. The van der Waals surface area contributed by atoms with Crippen LogP contribution in [-0.4, -0.2) is 84.0 Å². The molecule has 1 saturated carbocycles. The van der Waals surface area contributed by atoms with Crippen molar-refractivity contribution in [3.63, 3.8) is 0 Å². The Kier molecular flexibility index (Phi) is 8.07. The van der Waals surface area contributed by atoms with Gasteiger partial charge in [0.15, 0.2) is 0 Å². The van der Waals surface area contributed by atoms with Crippen molar-refractivity contribution in [3.05, 3.63) is 12.3 Å². The van der Waals surface area contributed by atoms with Gasteiger partial charge in [-0.2, -0.15) is 0 Å². The second-order valence-electron chi connectivity index (χ2n) is 8.85. The topological polar surface area (TPSA) is 89.0 Å². The van der Waals surface area contributed by atoms with Crippen molar-refractivity contribution >= 4 is 18.3 Å². The highest BCUT2D eigenvalue weighted by atomic mass is 16.6. The molecule has 0 aromatic rings. The molecule has 2 fully saturated rings. The van der Waals surface area contributed by atoms with E-state index < -0.39 is 17.7 Å². The van der Waals surface area contributed by atoms with E-state index in [1.54, 1.807) is 9.80 Å². The number of hydrogen-bond acceptors (Lipinski definition) is 5. The van der Waals surface area contributed by atoms with E-state index in [4.69, 9.17) is 10.1 Å². The van der Waals surface area contributed by atoms with Crippen LogP contribution in [0.25, 0.3) is 0 Å². The number of nitrogens with zero attached hydrogens (tertiary/aromatic N) is 3. The smallest absolute Gasteiger partial charge is 0.411 e. The Morgan fingerprint density at radius 2 is 2.03 bits per heavy atom. The van der Waals surface area contributed by atoms with Crippen LogP contribution < -0.4 is 5.32 Å². The zero-order valence-electron chi connectivity index (χ0n) is 18.4. The number of piperazine rings is 1. The molecule has 1 atom stereocenters. The molecule has 0 aromatic carbocycles. The van der Waals surface area contributed by atoms with Gasteiger partial charge < -0.3 is 19.9 Å². The molecule has 2 amide bonds. The number of ether oxygens (including phenoxy) is 1. The van der Waals surface area contributed by atoms with Crippen molar-refractivity contribution < 1.29 is 14.3 Å². The SMILES string of the molecule is C=C(CCN(CC1CC1)C(=O)[C@H]1CNCCN1C(=O)OC(C)(C)C)N(C=N)CC. The van der Waals surface area contributed by atoms with Crippen LogP contribution in [0.2, 0.25) is 0 Å². The van der Waals surface area contributed by atoms with E-state index in [0.29, 0.717) is 51.6 Å². The summed E-state index contributed by atoms with van der Waals surface area (Å²) in [5, 5.41) is 10.7. The van der Waals surface area contributed by atoms with Gasteiger partial charge in [0.05, 0.1) is 6.34 Å². The summed E-state index contributed by atoms with van der Waals surface area (Å²) in [6.45, 7) is 15.0. The summed E-state index contributed by atoms with van der Waals surface area (Å²) in [5.74, 6) is 0.504. The van der Waals surface area contributed by atoms with Gasteiger partial charge in [0.2, 0.25) is 5.91 Å². The molecule has 8 heteroatoms. The predicted octanol–water partition coefficient (Wildman–Crippen LogP) is 2.27. The van der Waals surface area contributed by atoms with Gasteiger partial charge in [-0.15, -0.1) is 0 Å². The van der Waals surface area contributed by atoms with E-state index in [1.165, 1.54) is 6.34 Å².